The van der Waals surface area contributed by atoms with Crippen LogP contribution in [0.1, 0.15) is 37.5 Å². The van der Waals surface area contributed by atoms with Crippen LogP contribution in [0.25, 0.3) is 20.2 Å². The minimum Gasteiger partial charge on any atom is -0.134 e. The summed E-state index contributed by atoms with van der Waals surface area (Å²) >= 11 is 14.8. The van der Waals surface area contributed by atoms with Crippen molar-refractivity contribution in [3.8, 4) is 0 Å². The topological polar surface area (TPSA) is 0 Å². The number of halogens is 2. The molecule has 1 aromatic heterocycles. The molecule has 3 aromatic rings. The van der Waals surface area contributed by atoms with Crippen molar-refractivity contribution in [2.24, 2.45) is 0 Å². The molecule has 0 aliphatic rings. The second-order valence-electron chi connectivity index (χ2n) is 5.27. The summed E-state index contributed by atoms with van der Waals surface area (Å²) in [7, 11) is 0. The normalized spacial score (nSPS) is 11.7. The molecule has 21 heavy (non-hydrogen) atoms. The van der Waals surface area contributed by atoms with Gasteiger partial charge in [-0.15, -0.1) is 11.3 Å². The van der Waals surface area contributed by atoms with Gasteiger partial charge >= 0.3 is 0 Å². The monoisotopic (exact) mass is 336 g/mol. The second-order valence-corrected chi connectivity index (χ2v) is 7.08. The highest BCUT2D eigenvalue weighted by molar-refractivity contribution is 7.26. The van der Waals surface area contributed by atoms with Crippen molar-refractivity contribution >= 4 is 54.7 Å². The number of aryl methyl sites for hydroxylation is 3. The lowest BCUT2D eigenvalue weighted by Gasteiger charge is -2.08. The van der Waals surface area contributed by atoms with Gasteiger partial charge in [0.25, 0.3) is 0 Å². The molecule has 0 saturated carbocycles. The number of rotatable bonds is 3. The molecule has 0 saturated heterocycles. The maximum Gasteiger partial charge on any atom is 0.0484 e. The summed E-state index contributed by atoms with van der Waals surface area (Å²) in [4.78, 5) is 0. The minimum absolute atomic E-state index is 0.872. The second kappa shape index (κ2) is 5.79. The largest absolute Gasteiger partial charge is 0.134 e. The standard InChI is InChI=1S/C18H18Cl2S/c1-4-10-9-14-13-7-8-15(19)11(5-2)17(13)21-18(14)12(6-3)16(10)20/h7-9H,4-6H2,1-3H3. The molecule has 0 atom stereocenters. The molecule has 0 aliphatic carbocycles. The summed E-state index contributed by atoms with van der Waals surface area (Å²) in [5, 5.41) is 4.47. The predicted octanol–water partition coefficient (Wildman–Crippen LogP) is 7.05. The predicted molar refractivity (Wildman–Crippen MR) is 97.5 cm³/mol. The Labute approximate surface area is 139 Å². The van der Waals surface area contributed by atoms with E-state index in [1.54, 1.807) is 0 Å². The Hall–Kier alpha value is -0.760. The van der Waals surface area contributed by atoms with E-state index in [4.69, 9.17) is 23.2 Å². The van der Waals surface area contributed by atoms with Gasteiger partial charge in [0, 0.05) is 30.2 Å². The fourth-order valence-electron chi connectivity index (χ4n) is 3.01. The van der Waals surface area contributed by atoms with Gasteiger partial charge in [0.2, 0.25) is 0 Å². The number of fused-ring (bicyclic) bond motifs is 3. The first-order valence-electron chi connectivity index (χ1n) is 7.46. The average Bonchev–Trinajstić information content (AvgIpc) is 2.84. The quantitative estimate of drug-likeness (QED) is 0.480. The molecule has 0 nitrogen and oxygen atoms in total. The molecule has 3 heteroatoms. The molecule has 2 aromatic carbocycles. The summed E-state index contributed by atoms with van der Waals surface area (Å²) in [6.07, 6.45) is 2.89. The Morgan fingerprint density at radius 1 is 0.857 bits per heavy atom. The molecular weight excluding hydrogens is 319 g/mol. The zero-order chi connectivity index (χ0) is 15.1. The lowest BCUT2D eigenvalue weighted by molar-refractivity contribution is 1.11. The molecule has 0 spiro atoms. The van der Waals surface area contributed by atoms with Crippen LogP contribution in [0, 0.1) is 0 Å². The van der Waals surface area contributed by atoms with Crippen LogP contribution < -0.4 is 0 Å². The van der Waals surface area contributed by atoms with Gasteiger partial charge in [-0.2, -0.15) is 0 Å². The van der Waals surface area contributed by atoms with Crippen LogP contribution in [0.4, 0.5) is 0 Å². The van der Waals surface area contributed by atoms with Crippen LogP contribution in [-0.4, -0.2) is 0 Å². The molecule has 110 valence electrons. The van der Waals surface area contributed by atoms with Crippen molar-refractivity contribution < 1.29 is 0 Å². The van der Waals surface area contributed by atoms with Crippen molar-refractivity contribution in [2.45, 2.75) is 40.0 Å². The highest BCUT2D eigenvalue weighted by Crippen LogP contribution is 2.43. The number of benzene rings is 2. The van der Waals surface area contributed by atoms with Crippen molar-refractivity contribution in [3.63, 3.8) is 0 Å². The summed E-state index contributed by atoms with van der Waals surface area (Å²) in [6, 6.07) is 6.45. The van der Waals surface area contributed by atoms with Gasteiger partial charge in [-0.25, -0.2) is 0 Å². The van der Waals surface area contributed by atoms with Crippen molar-refractivity contribution in [1.82, 2.24) is 0 Å². The van der Waals surface area contributed by atoms with Crippen LogP contribution in [0.15, 0.2) is 18.2 Å². The Bertz CT molecular complexity index is 830. The van der Waals surface area contributed by atoms with Gasteiger partial charge in [-0.05, 0) is 48.1 Å². The molecule has 3 rings (SSSR count). The van der Waals surface area contributed by atoms with Crippen LogP contribution in [0.3, 0.4) is 0 Å². The van der Waals surface area contributed by atoms with Crippen molar-refractivity contribution in [1.29, 1.82) is 0 Å². The lowest BCUT2D eigenvalue weighted by Crippen LogP contribution is -1.90. The SMILES string of the molecule is CCc1cc2c(sc3c(CC)c(Cl)ccc32)c(CC)c1Cl. The molecule has 0 N–H and O–H groups in total. The van der Waals surface area contributed by atoms with Gasteiger partial charge < -0.3 is 0 Å². The fraction of sp³-hybridized carbons (Fsp3) is 0.333. The summed E-state index contributed by atoms with van der Waals surface area (Å²) in [6.45, 7) is 6.50. The molecule has 0 unspecified atom stereocenters. The third kappa shape index (κ3) is 2.27. The maximum atomic E-state index is 6.60. The van der Waals surface area contributed by atoms with Crippen LogP contribution in [-0.2, 0) is 19.3 Å². The first kappa shape index (κ1) is 15.1. The van der Waals surface area contributed by atoms with Gasteiger partial charge in [-0.1, -0.05) is 50.0 Å². The zero-order valence-electron chi connectivity index (χ0n) is 12.5. The summed E-state index contributed by atoms with van der Waals surface area (Å²) in [5.41, 5.74) is 3.78. The van der Waals surface area contributed by atoms with E-state index in [1.165, 1.54) is 36.9 Å². The van der Waals surface area contributed by atoms with E-state index in [2.05, 4.69) is 32.9 Å². The highest BCUT2D eigenvalue weighted by atomic mass is 35.5. The van der Waals surface area contributed by atoms with E-state index in [0.29, 0.717) is 0 Å². The third-order valence-electron chi connectivity index (χ3n) is 4.17. The van der Waals surface area contributed by atoms with Crippen LogP contribution in [0.2, 0.25) is 10.0 Å². The van der Waals surface area contributed by atoms with Gasteiger partial charge in [0.15, 0.2) is 0 Å². The van der Waals surface area contributed by atoms with E-state index in [0.717, 1.165) is 29.3 Å². The molecule has 1 heterocycles. The Morgan fingerprint density at radius 3 is 2.14 bits per heavy atom. The van der Waals surface area contributed by atoms with Crippen molar-refractivity contribution in [2.75, 3.05) is 0 Å². The van der Waals surface area contributed by atoms with E-state index in [-0.39, 0.29) is 0 Å². The fourth-order valence-corrected chi connectivity index (χ4v) is 5.35. The lowest BCUT2D eigenvalue weighted by atomic mass is 10.0. The first-order valence-corrected chi connectivity index (χ1v) is 9.03. The molecule has 0 amide bonds. The van der Waals surface area contributed by atoms with Crippen LogP contribution in [0.5, 0.6) is 0 Å². The van der Waals surface area contributed by atoms with Gasteiger partial charge in [0.1, 0.15) is 0 Å². The van der Waals surface area contributed by atoms with Gasteiger partial charge in [-0.3, -0.25) is 0 Å². The number of thiophene rings is 1. The van der Waals surface area contributed by atoms with E-state index >= 15 is 0 Å². The third-order valence-corrected chi connectivity index (χ3v) is 6.34. The molecular formula is C18H18Cl2S. The van der Waals surface area contributed by atoms with E-state index in [9.17, 15) is 0 Å². The number of hydrogen-bond donors (Lipinski definition) is 0. The zero-order valence-corrected chi connectivity index (χ0v) is 14.8. The van der Waals surface area contributed by atoms with Crippen LogP contribution >= 0.6 is 34.5 Å². The van der Waals surface area contributed by atoms with Crippen molar-refractivity contribution in [3.05, 3.63) is 44.9 Å². The Balaban J connectivity index is 2.51. The van der Waals surface area contributed by atoms with Gasteiger partial charge in [0.05, 0.1) is 0 Å². The Kier molecular flexibility index (Phi) is 4.18. The molecule has 0 bridgehead atoms. The summed E-state index contributed by atoms with van der Waals surface area (Å²) < 4.78 is 2.64. The first-order chi connectivity index (χ1) is 10.1. The highest BCUT2D eigenvalue weighted by Gasteiger charge is 2.16. The smallest absolute Gasteiger partial charge is 0.0484 e. The summed E-state index contributed by atoms with van der Waals surface area (Å²) in [5.74, 6) is 0. The maximum absolute atomic E-state index is 6.60. The number of hydrogen-bond acceptors (Lipinski definition) is 1. The molecule has 0 fully saturated rings. The average molecular weight is 337 g/mol. The van der Waals surface area contributed by atoms with E-state index < -0.39 is 0 Å². The molecule has 0 radical (unpaired) electrons. The Morgan fingerprint density at radius 2 is 1.52 bits per heavy atom. The molecule has 0 aliphatic heterocycles. The minimum atomic E-state index is 0.872. The van der Waals surface area contributed by atoms with E-state index in [1.807, 2.05) is 17.4 Å².